The monoisotopic (exact) mass is 424 g/mol. The molecule has 1 amide bonds. The van der Waals surface area contributed by atoms with Crippen molar-refractivity contribution in [1.82, 2.24) is 14.8 Å². The topological polar surface area (TPSA) is 68.0 Å². The lowest BCUT2D eigenvalue weighted by molar-refractivity contribution is -0.120. The SMILES string of the molecule is COc1ccc(/C=N/NC(=O)Cc2csc3nc(-c4ccc(Cl)cc4)cn23)cc1. The average Bonchev–Trinajstić information content (AvgIpc) is 3.31. The minimum absolute atomic E-state index is 0.198. The van der Waals surface area contributed by atoms with Crippen LogP contribution in [0.25, 0.3) is 16.2 Å². The molecule has 2 aromatic heterocycles. The minimum atomic E-state index is -0.198. The van der Waals surface area contributed by atoms with Crippen LogP contribution in [0.15, 0.2) is 65.2 Å². The first-order chi connectivity index (χ1) is 14.1. The van der Waals surface area contributed by atoms with Gasteiger partial charge in [0.15, 0.2) is 4.96 Å². The van der Waals surface area contributed by atoms with Gasteiger partial charge >= 0.3 is 0 Å². The van der Waals surface area contributed by atoms with Crippen molar-refractivity contribution in [3.8, 4) is 17.0 Å². The molecule has 0 bridgehead atoms. The van der Waals surface area contributed by atoms with Gasteiger partial charge in [0.25, 0.3) is 0 Å². The maximum absolute atomic E-state index is 12.3. The normalized spacial score (nSPS) is 11.2. The lowest BCUT2D eigenvalue weighted by Crippen LogP contribution is -2.20. The Balaban J connectivity index is 1.42. The zero-order valence-electron chi connectivity index (χ0n) is 15.5. The number of halogens is 1. The first-order valence-electron chi connectivity index (χ1n) is 8.80. The first kappa shape index (κ1) is 19.2. The molecule has 4 aromatic rings. The van der Waals surface area contributed by atoms with Gasteiger partial charge in [-0.3, -0.25) is 9.20 Å². The minimum Gasteiger partial charge on any atom is -0.497 e. The average molecular weight is 425 g/mol. The molecule has 4 rings (SSSR count). The summed E-state index contributed by atoms with van der Waals surface area (Å²) in [5.41, 5.74) is 6.10. The second kappa shape index (κ2) is 8.46. The molecule has 146 valence electrons. The predicted molar refractivity (Wildman–Crippen MR) is 116 cm³/mol. The second-order valence-electron chi connectivity index (χ2n) is 6.26. The van der Waals surface area contributed by atoms with E-state index in [0.29, 0.717) is 5.02 Å². The van der Waals surface area contributed by atoms with Gasteiger partial charge in [-0.1, -0.05) is 23.7 Å². The van der Waals surface area contributed by atoms with Gasteiger partial charge in [0.1, 0.15) is 5.75 Å². The van der Waals surface area contributed by atoms with Crippen molar-refractivity contribution in [3.05, 3.63) is 76.4 Å². The van der Waals surface area contributed by atoms with Crippen molar-refractivity contribution in [2.24, 2.45) is 5.10 Å². The Morgan fingerprint density at radius 3 is 2.72 bits per heavy atom. The van der Waals surface area contributed by atoms with Crippen LogP contribution in [0.4, 0.5) is 0 Å². The molecule has 0 atom stereocenters. The fourth-order valence-electron chi connectivity index (χ4n) is 2.79. The first-order valence-corrected chi connectivity index (χ1v) is 10.1. The number of ether oxygens (including phenoxy) is 1. The number of carbonyl (C=O) groups is 1. The van der Waals surface area contributed by atoms with Gasteiger partial charge in [0.2, 0.25) is 5.91 Å². The van der Waals surface area contributed by atoms with Crippen LogP contribution in [0.2, 0.25) is 5.02 Å². The Labute approximate surface area is 176 Å². The number of benzene rings is 2. The molecule has 29 heavy (non-hydrogen) atoms. The van der Waals surface area contributed by atoms with E-state index in [4.69, 9.17) is 16.3 Å². The molecule has 0 radical (unpaired) electrons. The number of rotatable bonds is 6. The molecule has 0 aliphatic carbocycles. The summed E-state index contributed by atoms with van der Waals surface area (Å²) < 4.78 is 7.05. The van der Waals surface area contributed by atoms with Crippen LogP contribution >= 0.6 is 22.9 Å². The van der Waals surface area contributed by atoms with E-state index in [0.717, 1.165) is 33.2 Å². The molecule has 0 aliphatic heterocycles. The van der Waals surface area contributed by atoms with Crippen molar-refractivity contribution >= 4 is 40.0 Å². The molecule has 2 heterocycles. The Kier molecular flexibility index (Phi) is 5.59. The number of nitrogens with one attached hydrogen (secondary N) is 1. The van der Waals surface area contributed by atoms with E-state index in [1.807, 2.05) is 64.5 Å². The Bertz CT molecular complexity index is 1160. The maximum atomic E-state index is 12.3. The number of imidazole rings is 1. The third kappa shape index (κ3) is 4.47. The summed E-state index contributed by atoms with van der Waals surface area (Å²) in [5.74, 6) is 0.571. The van der Waals surface area contributed by atoms with E-state index in [1.54, 1.807) is 13.3 Å². The number of hydrazone groups is 1. The predicted octanol–water partition coefficient (Wildman–Crippen LogP) is 4.42. The van der Waals surface area contributed by atoms with E-state index in [1.165, 1.54) is 11.3 Å². The highest BCUT2D eigenvalue weighted by molar-refractivity contribution is 7.15. The zero-order valence-corrected chi connectivity index (χ0v) is 17.1. The molecule has 0 unspecified atom stereocenters. The lowest BCUT2D eigenvalue weighted by Gasteiger charge is -2.00. The van der Waals surface area contributed by atoms with Crippen LogP contribution in [0.3, 0.4) is 0 Å². The van der Waals surface area contributed by atoms with Crippen LogP contribution in [-0.4, -0.2) is 28.6 Å². The summed E-state index contributed by atoms with van der Waals surface area (Å²) in [4.78, 5) is 17.7. The van der Waals surface area contributed by atoms with E-state index < -0.39 is 0 Å². The van der Waals surface area contributed by atoms with Gasteiger partial charge < -0.3 is 4.74 Å². The highest BCUT2D eigenvalue weighted by Crippen LogP contribution is 2.25. The number of nitrogens with zero attached hydrogens (tertiary/aromatic N) is 3. The number of amides is 1. The third-order valence-corrected chi connectivity index (χ3v) is 5.42. The van der Waals surface area contributed by atoms with Crippen molar-refractivity contribution in [2.75, 3.05) is 7.11 Å². The molecule has 1 N–H and O–H groups in total. The van der Waals surface area contributed by atoms with Crippen molar-refractivity contribution < 1.29 is 9.53 Å². The van der Waals surface area contributed by atoms with Gasteiger partial charge in [-0.05, 0) is 42.0 Å². The summed E-state index contributed by atoms with van der Waals surface area (Å²) >= 11 is 7.44. The van der Waals surface area contributed by atoms with E-state index in [-0.39, 0.29) is 12.3 Å². The largest absolute Gasteiger partial charge is 0.497 e. The van der Waals surface area contributed by atoms with Crippen molar-refractivity contribution in [3.63, 3.8) is 0 Å². The van der Waals surface area contributed by atoms with Gasteiger partial charge in [0, 0.05) is 27.9 Å². The summed E-state index contributed by atoms with van der Waals surface area (Å²) in [5, 5.41) is 6.63. The summed E-state index contributed by atoms with van der Waals surface area (Å²) in [6.45, 7) is 0. The van der Waals surface area contributed by atoms with Gasteiger partial charge in [-0.2, -0.15) is 5.10 Å². The molecule has 0 spiro atoms. The van der Waals surface area contributed by atoms with Crippen molar-refractivity contribution in [1.29, 1.82) is 0 Å². The molecule has 8 heteroatoms. The standard InChI is InChI=1S/C21H17ClN4O2S/c1-28-18-8-2-14(3-9-18)11-23-25-20(27)10-17-13-29-21-24-19(12-26(17)21)15-4-6-16(22)7-5-15/h2-9,11-13H,10H2,1H3,(H,25,27)/b23-11+. The van der Waals surface area contributed by atoms with Gasteiger partial charge in [-0.15, -0.1) is 11.3 Å². The number of fused-ring (bicyclic) bond motifs is 1. The lowest BCUT2D eigenvalue weighted by atomic mass is 10.2. The van der Waals surface area contributed by atoms with Crippen molar-refractivity contribution in [2.45, 2.75) is 6.42 Å². The number of aromatic nitrogens is 2. The summed E-state index contributed by atoms with van der Waals surface area (Å²) in [6, 6.07) is 14.9. The quantitative estimate of drug-likeness (QED) is 0.368. The molecule has 0 saturated heterocycles. The van der Waals surface area contributed by atoms with Crippen LogP contribution in [0.5, 0.6) is 5.75 Å². The summed E-state index contributed by atoms with van der Waals surface area (Å²) in [6.07, 6.45) is 3.73. The van der Waals surface area contributed by atoms with Gasteiger partial charge in [0.05, 0.1) is 25.4 Å². The molecular formula is C21H17ClN4O2S. The number of carbonyl (C=O) groups excluding carboxylic acids is 1. The molecule has 0 saturated carbocycles. The molecular weight excluding hydrogens is 408 g/mol. The Morgan fingerprint density at radius 1 is 1.24 bits per heavy atom. The van der Waals surface area contributed by atoms with Crippen LogP contribution in [-0.2, 0) is 11.2 Å². The highest BCUT2D eigenvalue weighted by Gasteiger charge is 2.12. The van der Waals surface area contributed by atoms with E-state index in [2.05, 4.69) is 15.5 Å². The van der Waals surface area contributed by atoms with Crippen LogP contribution in [0.1, 0.15) is 11.3 Å². The van der Waals surface area contributed by atoms with Gasteiger partial charge in [-0.25, -0.2) is 10.4 Å². The number of thiazole rings is 1. The molecule has 0 aliphatic rings. The van der Waals surface area contributed by atoms with E-state index >= 15 is 0 Å². The molecule has 2 aromatic carbocycles. The maximum Gasteiger partial charge on any atom is 0.246 e. The number of hydrogen-bond acceptors (Lipinski definition) is 5. The Morgan fingerprint density at radius 2 is 2.00 bits per heavy atom. The second-order valence-corrected chi connectivity index (χ2v) is 7.53. The number of methoxy groups -OCH3 is 1. The fraction of sp³-hybridized carbons (Fsp3) is 0.0952. The molecule has 6 nitrogen and oxygen atoms in total. The Hall–Kier alpha value is -3.16. The van der Waals surface area contributed by atoms with E-state index in [9.17, 15) is 4.79 Å². The fourth-order valence-corrected chi connectivity index (χ4v) is 3.79. The smallest absolute Gasteiger partial charge is 0.246 e. The summed E-state index contributed by atoms with van der Waals surface area (Å²) in [7, 11) is 1.61. The van der Waals surface area contributed by atoms with Crippen LogP contribution in [0, 0.1) is 0 Å². The highest BCUT2D eigenvalue weighted by atomic mass is 35.5. The van der Waals surface area contributed by atoms with Crippen LogP contribution < -0.4 is 10.2 Å². The number of hydrogen-bond donors (Lipinski definition) is 1. The zero-order chi connectivity index (χ0) is 20.2. The molecule has 0 fully saturated rings. The third-order valence-electron chi connectivity index (χ3n) is 4.28.